The first-order valence-corrected chi connectivity index (χ1v) is 5.53. The third-order valence-corrected chi connectivity index (χ3v) is 2.88. The smallest absolute Gasteiger partial charge is 0.227 e. The lowest BCUT2D eigenvalue weighted by Gasteiger charge is -2.28. The van der Waals surface area contributed by atoms with E-state index in [1.54, 1.807) is 0 Å². The number of nitrogens with zero attached hydrogens (tertiary/aromatic N) is 2. The van der Waals surface area contributed by atoms with E-state index < -0.39 is 0 Å². The molecule has 1 heterocycles. The van der Waals surface area contributed by atoms with Crippen molar-refractivity contribution in [1.82, 2.24) is 15.5 Å². The summed E-state index contributed by atoms with van der Waals surface area (Å²) in [4.78, 5) is 3.94. The number of aliphatic hydroxyl groups excluding tert-OH is 1. The molecule has 1 aliphatic rings. The summed E-state index contributed by atoms with van der Waals surface area (Å²) in [6, 6.07) is 0.238. The second-order valence-corrected chi connectivity index (χ2v) is 4.00. The zero-order valence-corrected chi connectivity index (χ0v) is 8.72. The van der Waals surface area contributed by atoms with E-state index in [0.717, 1.165) is 32.2 Å². The van der Waals surface area contributed by atoms with Gasteiger partial charge in [0.2, 0.25) is 5.89 Å². The van der Waals surface area contributed by atoms with Crippen LogP contribution in [-0.2, 0) is 6.42 Å². The van der Waals surface area contributed by atoms with Gasteiger partial charge in [-0.25, -0.2) is 0 Å². The van der Waals surface area contributed by atoms with E-state index in [1.807, 2.05) is 0 Å². The van der Waals surface area contributed by atoms with Gasteiger partial charge in [0.05, 0.1) is 6.10 Å². The number of hydrogen-bond donors (Lipinski definition) is 2. The Bertz CT molecular complexity index is 276. The predicted molar refractivity (Wildman–Crippen MR) is 54.3 cm³/mol. The molecule has 2 N–H and O–H groups in total. The molecule has 1 fully saturated rings. The Morgan fingerprint density at radius 2 is 2.33 bits per heavy atom. The molecule has 1 saturated carbocycles. The third kappa shape index (κ3) is 3.00. The molecule has 0 spiro atoms. The van der Waals surface area contributed by atoms with E-state index in [2.05, 4.69) is 15.5 Å². The monoisotopic (exact) mass is 211 g/mol. The normalized spacial score (nSPS) is 26.7. The third-order valence-electron chi connectivity index (χ3n) is 2.88. The molecule has 15 heavy (non-hydrogen) atoms. The van der Waals surface area contributed by atoms with Crippen LogP contribution in [0.3, 0.4) is 0 Å². The fourth-order valence-electron chi connectivity index (χ4n) is 2.02. The van der Waals surface area contributed by atoms with Gasteiger partial charge in [-0.2, -0.15) is 4.98 Å². The number of nitrogens with one attached hydrogen (secondary N) is 1. The molecule has 1 aromatic rings. The van der Waals surface area contributed by atoms with Crippen molar-refractivity contribution in [2.45, 2.75) is 44.2 Å². The number of aromatic nitrogens is 2. The Labute approximate surface area is 88.9 Å². The molecule has 0 amide bonds. The molecule has 1 aromatic heterocycles. The van der Waals surface area contributed by atoms with Gasteiger partial charge in [0, 0.05) is 19.0 Å². The van der Waals surface area contributed by atoms with Crippen LogP contribution < -0.4 is 5.32 Å². The Hall–Kier alpha value is -0.940. The number of aliphatic hydroxyl groups is 1. The standard InChI is InChI=1S/C10H17N3O2/c14-9-4-2-1-3-8(9)11-6-5-10-12-7-13-15-10/h7-9,11,14H,1-6H2/t8-,9-/m1/s1. The van der Waals surface area contributed by atoms with Gasteiger partial charge in [0.15, 0.2) is 6.33 Å². The Morgan fingerprint density at radius 1 is 1.47 bits per heavy atom. The number of rotatable bonds is 4. The van der Waals surface area contributed by atoms with E-state index in [-0.39, 0.29) is 12.1 Å². The molecule has 0 bridgehead atoms. The van der Waals surface area contributed by atoms with Gasteiger partial charge in [-0.05, 0) is 12.8 Å². The summed E-state index contributed by atoms with van der Waals surface area (Å²) in [5.74, 6) is 0.646. The summed E-state index contributed by atoms with van der Waals surface area (Å²) in [7, 11) is 0. The van der Waals surface area contributed by atoms with Crippen molar-refractivity contribution in [3.63, 3.8) is 0 Å². The van der Waals surface area contributed by atoms with Crippen LogP contribution in [0.4, 0.5) is 0 Å². The lowest BCUT2D eigenvalue weighted by atomic mass is 9.92. The van der Waals surface area contributed by atoms with Crippen LogP contribution in [0.5, 0.6) is 0 Å². The van der Waals surface area contributed by atoms with Gasteiger partial charge < -0.3 is 14.9 Å². The molecule has 1 aliphatic carbocycles. The van der Waals surface area contributed by atoms with E-state index in [0.29, 0.717) is 5.89 Å². The Morgan fingerprint density at radius 3 is 3.07 bits per heavy atom. The van der Waals surface area contributed by atoms with Crippen molar-refractivity contribution in [2.24, 2.45) is 0 Å². The molecular weight excluding hydrogens is 194 g/mol. The van der Waals surface area contributed by atoms with Crippen molar-refractivity contribution in [3.05, 3.63) is 12.2 Å². The van der Waals surface area contributed by atoms with E-state index in [9.17, 15) is 5.11 Å². The summed E-state index contributed by atoms with van der Waals surface area (Å²) >= 11 is 0. The molecular formula is C10H17N3O2. The van der Waals surface area contributed by atoms with Crippen molar-refractivity contribution >= 4 is 0 Å². The van der Waals surface area contributed by atoms with E-state index in [4.69, 9.17) is 4.52 Å². The minimum absolute atomic E-state index is 0.193. The highest BCUT2D eigenvalue weighted by atomic mass is 16.5. The van der Waals surface area contributed by atoms with Crippen molar-refractivity contribution in [1.29, 1.82) is 0 Å². The minimum atomic E-state index is -0.193. The Balaban J connectivity index is 1.68. The second-order valence-electron chi connectivity index (χ2n) is 4.00. The van der Waals surface area contributed by atoms with Crippen LogP contribution in [0.1, 0.15) is 31.6 Å². The zero-order valence-electron chi connectivity index (χ0n) is 8.72. The van der Waals surface area contributed by atoms with Crippen LogP contribution in [0.15, 0.2) is 10.9 Å². The lowest BCUT2D eigenvalue weighted by Crippen LogP contribution is -2.42. The van der Waals surface area contributed by atoms with Gasteiger partial charge in [0.25, 0.3) is 0 Å². The van der Waals surface area contributed by atoms with Crippen LogP contribution in [0.25, 0.3) is 0 Å². The van der Waals surface area contributed by atoms with Gasteiger partial charge in [-0.15, -0.1) is 0 Å². The summed E-state index contributed by atoms with van der Waals surface area (Å²) in [6.45, 7) is 0.782. The summed E-state index contributed by atoms with van der Waals surface area (Å²) in [5, 5.41) is 16.6. The van der Waals surface area contributed by atoms with Crippen LogP contribution >= 0.6 is 0 Å². The maximum atomic E-state index is 9.71. The fourth-order valence-corrected chi connectivity index (χ4v) is 2.02. The van der Waals surface area contributed by atoms with Crippen molar-refractivity contribution < 1.29 is 9.63 Å². The maximum absolute atomic E-state index is 9.71. The molecule has 2 rings (SSSR count). The number of hydrogen-bond acceptors (Lipinski definition) is 5. The first kappa shape index (κ1) is 10.6. The first-order chi connectivity index (χ1) is 7.36. The second kappa shape index (κ2) is 5.23. The fraction of sp³-hybridized carbons (Fsp3) is 0.800. The Kier molecular flexibility index (Phi) is 3.69. The summed E-state index contributed by atoms with van der Waals surface area (Å²) < 4.78 is 4.89. The van der Waals surface area contributed by atoms with Gasteiger partial charge in [0.1, 0.15) is 0 Å². The van der Waals surface area contributed by atoms with Gasteiger partial charge in [-0.3, -0.25) is 0 Å². The molecule has 84 valence electrons. The molecule has 0 aliphatic heterocycles. The van der Waals surface area contributed by atoms with E-state index >= 15 is 0 Å². The predicted octanol–water partition coefficient (Wildman–Crippen LogP) is 0.505. The first-order valence-electron chi connectivity index (χ1n) is 5.53. The molecule has 5 heteroatoms. The van der Waals surface area contributed by atoms with Crippen LogP contribution in [0.2, 0.25) is 0 Å². The van der Waals surface area contributed by atoms with E-state index in [1.165, 1.54) is 12.7 Å². The zero-order chi connectivity index (χ0) is 10.5. The highest BCUT2D eigenvalue weighted by Crippen LogP contribution is 2.18. The quantitative estimate of drug-likeness (QED) is 0.759. The lowest BCUT2D eigenvalue weighted by molar-refractivity contribution is 0.0910. The average molecular weight is 211 g/mol. The highest BCUT2D eigenvalue weighted by Gasteiger charge is 2.21. The minimum Gasteiger partial charge on any atom is -0.392 e. The molecule has 0 radical (unpaired) electrons. The maximum Gasteiger partial charge on any atom is 0.227 e. The molecule has 0 aromatic carbocycles. The molecule has 0 saturated heterocycles. The topological polar surface area (TPSA) is 71.2 Å². The molecule has 2 atom stereocenters. The van der Waals surface area contributed by atoms with Crippen molar-refractivity contribution in [3.8, 4) is 0 Å². The summed E-state index contributed by atoms with van der Waals surface area (Å²) in [6.07, 6.45) is 6.26. The summed E-state index contributed by atoms with van der Waals surface area (Å²) in [5.41, 5.74) is 0. The molecule has 0 unspecified atom stereocenters. The SMILES string of the molecule is O[C@@H]1CCCC[C@H]1NCCc1ncno1. The highest BCUT2D eigenvalue weighted by molar-refractivity contribution is 4.82. The van der Waals surface area contributed by atoms with Crippen molar-refractivity contribution in [2.75, 3.05) is 6.54 Å². The molecule has 5 nitrogen and oxygen atoms in total. The largest absolute Gasteiger partial charge is 0.392 e. The van der Waals surface area contributed by atoms with Gasteiger partial charge >= 0.3 is 0 Å². The van der Waals surface area contributed by atoms with Crippen LogP contribution in [0, 0.1) is 0 Å². The average Bonchev–Trinajstić information content (AvgIpc) is 2.74. The van der Waals surface area contributed by atoms with Crippen LogP contribution in [-0.4, -0.2) is 33.9 Å². The van der Waals surface area contributed by atoms with Gasteiger partial charge in [-0.1, -0.05) is 18.0 Å².